The Morgan fingerprint density at radius 1 is 1.04 bits per heavy atom. The predicted octanol–water partition coefficient (Wildman–Crippen LogP) is 3.68. The lowest BCUT2D eigenvalue weighted by Gasteiger charge is -2.45. The van der Waals surface area contributed by atoms with Gasteiger partial charge in [0.25, 0.3) is 0 Å². The molecule has 1 fully saturated rings. The third-order valence-corrected chi connectivity index (χ3v) is 4.34. The first kappa shape index (κ1) is 16.5. The van der Waals surface area contributed by atoms with Crippen LogP contribution in [0.4, 0.5) is 18.9 Å². The van der Waals surface area contributed by atoms with Gasteiger partial charge in [-0.05, 0) is 41.8 Å². The second-order valence-corrected chi connectivity index (χ2v) is 5.82. The molecule has 1 aliphatic heterocycles. The van der Waals surface area contributed by atoms with Gasteiger partial charge in [0.2, 0.25) is 5.91 Å². The van der Waals surface area contributed by atoms with Gasteiger partial charge in [0, 0.05) is 5.69 Å². The molecule has 2 aromatic rings. The number of benzene rings is 2. The summed E-state index contributed by atoms with van der Waals surface area (Å²) in [5, 5.41) is 0. The number of nitrogens with two attached hydrogens (primary N) is 1. The molecule has 2 atom stereocenters. The van der Waals surface area contributed by atoms with Crippen LogP contribution in [0, 0.1) is 0 Å². The van der Waals surface area contributed by atoms with Gasteiger partial charge in [0.05, 0.1) is 11.6 Å². The van der Waals surface area contributed by atoms with Crippen LogP contribution in [0.1, 0.15) is 29.7 Å². The van der Waals surface area contributed by atoms with E-state index in [1.165, 1.54) is 17.0 Å². The summed E-state index contributed by atoms with van der Waals surface area (Å²) >= 11 is 0. The predicted molar refractivity (Wildman–Crippen MR) is 85.5 cm³/mol. The fourth-order valence-corrected chi connectivity index (χ4v) is 2.92. The average molecular weight is 334 g/mol. The molecule has 1 amide bonds. The van der Waals surface area contributed by atoms with Crippen molar-refractivity contribution in [2.45, 2.75) is 31.6 Å². The number of alkyl halides is 3. The van der Waals surface area contributed by atoms with Crippen LogP contribution in [0.3, 0.4) is 0 Å². The number of hydrogen-bond donors (Lipinski definition) is 1. The summed E-state index contributed by atoms with van der Waals surface area (Å²) in [5.41, 5.74) is 7.61. The maximum Gasteiger partial charge on any atom is 0.416 e. The van der Waals surface area contributed by atoms with Gasteiger partial charge in [-0.2, -0.15) is 13.2 Å². The van der Waals surface area contributed by atoms with Gasteiger partial charge in [-0.1, -0.05) is 31.2 Å². The minimum atomic E-state index is -4.38. The maximum absolute atomic E-state index is 12.7. The Bertz CT molecular complexity index is 738. The van der Waals surface area contributed by atoms with Crippen LogP contribution in [0.5, 0.6) is 0 Å². The van der Waals surface area contributed by atoms with Crippen molar-refractivity contribution in [3.63, 3.8) is 0 Å². The molecule has 126 valence electrons. The van der Waals surface area contributed by atoms with Gasteiger partial charge in [-0.25, -0.2) is 0 Å². The normalized spacial score (nSPS) is 20.9. The van der Waals surface area contributed by atoms with Gasteiger partial charge in [0.1, 0.15) is 6.04 Å². The zero-order chi connectivity index (χ0) is 17.5. The Kier molecular flexibility index (Phi) is 4.09. The van der Waals surface area contributed by atoms with Crippen molar-refractivity contribution in [2.75, 3.05) is 4.90 Å². The average Bonchev–Trinajstić information content (AvgIpc) is 2.58. The minimum absolute atomic E-state index is 0.232. The summed E-state index contributed by atoms with van der Waals surface area (Å²) in [5.74, 6) is -0.232. The van der Waals surface area contributed by atoms with E-state index in [9.17, 15) is 18.0 Å². The monoisotopic (exact) mass is 334 g/mol. The highest BCUT2D eigenvalue weighted by molar-refractivity contribution is 6.05. The molecule has 0 aromatic heterocycles. The van der Waals surface area contributed by atoms with Crippen LogP contribution in [-0.4, -0.2) is 11.9 Å². The number of rotatable bonds is 3. The van der Waals surface area contributed by atoms with Crippen molar-refractivity contribution in [2.24, 2.45) is 5.73 Å². The number of halogens is 3. The van der Waals surface area contributed by atoms with Gasteiger partial charge in [0.15, 0.2) is 0 Å². The first-order valence-corrected chi connectivity index (χ1v) is 7.67. The van der Waals surface area contributed by atoms with Crippen molar-refractivity contribution < 1.29 is 18.0 Å². The largest absolute Gasteiger partial charge is 0.416 e. The lowest BCUT2D eigenvalue weighted by atomic mass is 9.88. The number of anilines is 1. The smallest absolute Gasteiger partial charge is 0.318 e. The SMILES string of the molecule is CCc1ccc(N2C(=O)[C@@H](N)[C@@H]2c2ccc(C(F)(F)F)cc2)cc1. The summed E-state index contributed by atoms with van der Waals surface area (Å²) in [6, 6.07) is 11.1. The van der Waals surface area contributed by atoms with E-state index in [0.717, 1.165) is 24.1 Å². The molecule has 6 heteroatoms. The highest BCUT2D eigenvalue weighted by Crippen LogP contribution is 2.39. The van der Waals surface area contributed by atoms with Crippen LogP contribution in [0.25, 0.3) is 0 Å². The topological polar surface area (TPSA) is 46.3 Å². The number of β-lactam (4-membered cyclic amide) rings is 1. The van der Waals surface area contributed by atoms with Gasteiger partial charge in [-0.3, -0.25) is 4.79 Å². The molecular formula is C18H17F3N2O. The first-order chi connectivity index (χ1) is 11.3. The van der Waals surface area contributed by atoms with Crippen LogP contribution < -0.4 is 10.6 Å². The molecule has 0 aliphatic carbocycles. The van der Waals surface area contributed by atoms with Crippen LogP contribution >= 0.6 is 0 Å². The lowest BCUT2D eigenvalue weighted by Crippen LogP contribution is -2.63. The number of aryl methyl sites for hydroxylation is 1. The van der Waals surface area contributed by atoms with E-state index in [-0.39, 0.29) is 5.91 Å². The quantitative estimate of drug-likeness (QED) is 0.871. The second-order valence-electron chi connectivity index (χ2n) is 5.82. The first-order valence-electron chi connectivity index (χ1n) is 7.67. The van der Waals surface area contributed by atoms with Crippen molar-refractivity contribution in [3.8, 4) is 0 Å². The molecule has 0 radical (unpaired) electrons. The zero-order valence-electron chi connectivity index (χ0n) is 13.0. The Morgan fingerprint density at radius 2 is 1.62 bits per heavy atom. The van der Waals surface area contributed by atoms with E-state index in [0.29, 0.717) is 11.3 Å². The number of nitrogens with zero attached hydrogens (tertiary/aromatic N) is 1. The van der Waals surface area contributed by atoms with E-state index in [1.54, 1.807) is 0 Å². The number of hydrogen-bond acceptors (Lipinski definition) is 2. The molecule has 0 saturated carbocycles. The Hall–Kier alpha value is -2.34. The van der Waals surface area contributed by atoms with E-state index >= 15 is 0 Å². The van der Waals surface area contributed by atoms with E-state index in [1.807, 2.05) is 31.2 Å². The number of carbonyl (C=O) groups is 1. The Labute approximate surface area is 137 Å². The highest BCUT2D eigenvalue weighted by atomic mass is 19.4. The molecule has 2 aromatic carbocycles. The molecule has 0 unspecified atom stereocenters. The molecule has 3 rings (SSSR count). The Balaban J connectivity index is 1.89. The van der Waals surface area contributed by atoms with E-state index < -0.39 is 23.8 Å². The van der Waals surface area contributed by atoms with Crippen LogP contribution in [0.15, 0.2) is 48.5 Å². The third-order valence-electron chi connectivity index (χ3n) is 4.34. The van der Waals surface area contributed by atoms with Crippen molar-refractivity contribution >= 4 is 11.6 Å². The molecule has 1 aliphatic rings. The molecule has 1 heterocycles. The molecule has 3 nitrogen and oxygen atoms in total. The van der Waals surface area contributed by atoms with E-state index in [4.69, 9.17) is 5.73 Å². The summed E-state index contributed by atoms with van der Waals surface area (Å²) in [7, 11) is 0. The lowest BCUT2D eigenvalue weighted by molar-refractivity contribution is -0.137. The number of amides is 1. The highest BCUT2D eigenvalue weighted by Gasteiger charge is 2.46. The van der Waals surface area contributed by atoms with Crippen molar-refractivity contribution in [3.05, 3.63) is 65.2 Å². The molecular weight excluding hydrogens is 317 g/mol. The van der Waals surface area contributed by atoms with Gasteiger partial charge >= 0.3 is 6.18 Å². The molecule has 0 bridgehead atoms. The van der Waals surface area contributed by atoms with Crippen LogP contribution in [0.2, 0.25) is 0 Å². The van der Waals surface area contributed by atoms with Crippen LogP contribution in [-0.2, 0) is 17.4 Å². The molecule has 24 heavy (non-hydrogen) atoms. The van der Waals surface area contributed by atoms with Gasteiger partial charge < -0.3 is 10.6 Å². The maximum atomic E-state index is 12.7. The summed E-state index contributed by atoms with van der Waals surface area (Å²) < 4.78 is 38.0. The van der Waals surface area contributed by atoms with Gasteiger partial charge in [-0.15, -0.1) is 0 Å². The third kappa shape index (κ3) is 2.78. The second kappa shape index (κ2) is 5.94. The fourth-order valence-electron chi connectivity index (χ4n) is 2.92. The molecule has 1 saturated heterocycles. The standard InChI is InChI=1S/C18H17F3N2O/c1-2-11-3-9-14(10-4-11)23-16(15(22)17(23)24)12-5-7-13(8-6-12)18(19,20)21/h3-10,15-16H,2,22H2,1H3/t15-,16-/m0/s1. The zero-order valence-corrected chi connectivity index (χ0v) is 13.0. The number of carbonyl (C=O) groups excluding carboxylic acids is 1. The molecule has 0 spiro atoms. The minimum Gasteiger partial charge on any atom is -0.318 e. The fraction of sp³-hybridized carbons (Fsp3) is 0.278. The summed E-state index contributed by atoms with van der Waals surface area (Å²) in [4.78, 5) is 13.7. The summed E-state index contributed by atoms with van der Waals surface area (Å²) in [6.45, 7) is 2.03. The van der Waals surface area contributed by atoms with Crippen molar-refractivity contribution in [1.29, 1.82) is 0 Å². The van der Waals surface area contributed by atoms with Crippen molar-refractivity contribution in [1.82, 2.24) is 0 Å². The molecule has 2 N–H and O–H groups in total. The van der Waals surface area contributed by atoms with E-state index in [2.05, 4.69) is 0 Å². The Morgan fingerprint density at radius 3 is 2.12 bits per heavy atom. The summed E-state index contributed by atoms with van der Waals surface area (Å²) in [6.07, 6.45) is -3.50.